The molecule has 6 nitrogen and oxygen atoms in total. The van der Waals surface area contributed by atoms with Crippen molar-refractivity contribution in [2.24, 2.45) is 0 Å². The Bertz CT molecular complexity index is 418. The first kappa shape index (κ1) is 15.3. The second-order valence-corrected chi connectivity index (χ2v) is 3.80. The third-order valence-corrected chi connectivity index (χ3v) is 2.32. The predicted molar refractivity (Wildman–Crippen MR) is 67.4 cm³/mol. The van der Waals surface area contributed by atoms with Gasteiger partial charge in [0.15, 0.2) is 0 Å². The van der Waals surface area contributed by atoms with Crippen LogP contribution in [0.25, 0.3) is 0 Å². The molecule has 0 saturated heterocycles. The lowest BCUT2D eigenvalue weighted by molar-refractivity contribution is -0.276. The highest BCUT2D eigenvalue weighted by atomic mass is 17.2. The van der Waals surface area contributed by atoms with Crippen molar-refractivity contribution in [3.05, 3.63) is 23.8 Å². The average molecular weight is 270 g/mol. The molecular weight excluding hydrogens is 252 g/mol. The van der Waals surface area contributed by atoms with Crippen molar-refractivity contribution in [2.75, 3.05) is 27.9 Å². The monoisotopic (exact) mass is 270 g/mol. The Labute approximate surface area is 112 Å². The summed E-state index contributed by atoms with van der Waals surface area (Å²) in [5.74, 6) is 0.255. The van der Waals surface area contributed by atoms with Gasteiger partial charge in [0.1, 0.15) is 23.2 Å². The quantitative estimate of drug-likeness (QED) is 0.556. The highest BCUT2D eigenvalue weighted by Crippen LogP contribution is 2.24. The molecule has 0 amide bonds. The van der Waals surface area contributed by atoms with Crippen LogP contribution in [0.5, 0.6) is 11.5 Å². The van der Waals surface area contributed by atoms with E-state index < -0.39 is 5.97 Å². The second kappa shape index (κ2) is 7.60. The van der Waals surface area contributed by atoms with Crippen molar-refractivity contribution in [1.29, 1.82) is 0 Å². The zero-order valence-corrected chi connectivity index (χ0v) is 11.5. The highest BCUT2D eigenvalue weighted by molar-refractivity contribution is 5.92. The molecule has 1 aromatic rings. The van der Waals surface area contributed by atoms with Gasteiger partial charge in [-0.2, -0.15) is 4.89 Å². The van der Waals surface area contributed by atoms with Crippen LogP contribution in [0.1, 0.15) is 17.3 Å². The maximum atomic E-state index is 11.9. The molecule has 19 heavy (non-hydrogen) atoms. The van der Waals surface area contributed by atoms with Gasteiger partial charge in [-0.15, -0.1) is 0 Å². The Kier molecular flexibility index (Phi) is 6.11. The van der Waals surface area contributed by atoms with E-state index in [1.54, 1.807) is 19.1 Å². The summed E-state index contributed by atoms with van der Waals surface area (Å²) >= 11 is 0. The molecule has 106 valence electrons. The molecule has 0 aliphatic carbocycles. The summed E-state index contributed by atoms with van der Waals surface area (Å²) in [4.78, 5) is 21.5. The number of hydrogen-bond donors (Lipinski definition) is 0. The van der Waals surface area contributed by atoms with Crippen LogP contribution in [0.2, 0.25) is 0 Å². The Morgan fingerprint density at radius 1 is 1.21 bits per heavy atom. The number of carbonyl (C=O) groups is 1. The fourth-order valence-corrected chi connectivity index (χ4v) is 1.41. The Balaban J connectivity index is 2.74. The van der Waals surface area contributed by atoms with Crippen LogP contribution in [-0.4, -0.2) is 40.0 Å². The van der Waals surface area contributed by atoms with Crippen molar-refractivity contribution in [3.8, 4) is 11.5 Å². The lowest BCUT2D eigenvalue weighted by Gasteiger charge is -2.12. The number of rotatable bonds is 7. The van der Waals surface area contributed by atoms with Gasteiger partial charge in [0.05, 0.1) is 20.8 Å². The standard InChI is InChI=1S/C13H18O6/c1-9(8-15-2)18-19-13(14)11-7-10(16-3)5-6-12(11)17-4/h5-7,9H,8H2,1-4H3. The molecule has 0 N–H and O–H groups in total. The molecule has 0 heterocycles. The minimum absolute atomic E-state index is 0.228. The SMILES string of the molecule is COCC(C)OOC(=O)c1cc(OC)ccc1OC. The fourth-order valence-electron chi connectivity index (χ4n) is 1.41. The largest absolute Gasteiger partial charge is 0.497 e. The van der Waals surface area contributed by atoms with E-state index in [1.165, 1.54) is 27.4 Å². The van der Waals surface area contributed by atoms with E-state index in [1.807, 2.05) is 0 Å². The lowest BCUT2D eigenvalue weighted by Crippen LogP contribution is -2.18. The number of hydrogen-bond acceptors (Lipinski definition) is 6. The smallest absolute Gasteiger partial charge is 0.376 e. The van der Waals surface area contributed by atoms with Crippen LogP contribution in [0.15, 0.2) is 18.2 Å². The first-order valence-electron chi connectivity index (χ1n) is 5.71. The third kappa shape index (κ3) is 4.42. The minimum Gasteiger partial charge on any atom is -0.497 e. The summed E-state index contributed by atoms with van der Waals surface area (Å²) in [6, 6.07) is 4.82. The number of methoxy groups -OCH3 is 3. The van der Waals surface area contributed by atoms with Crippen LogP contribution in [-0.2, 0) is 14.5 Å². The second-order valence-electron chi connectivity index (χ2n) is 3.80. The third-order valence-electron chi connectivity index (χ3n) is 2.32. The lowest BCUT2D eigenvalue weighted by atomic mass is 10.2. The molecule has 0 spiro atoms. The van der Waals surface area contributed by atoms with Crippen LogP contribution < -0.4 is 9.47 Å². The molecule has 0 radical (unpaired) electrons. The maximum Gasteiger partial charge on any atom is 0.376 e. The molecule has 0 aromatic heterocycles. The van der Waals surface area contributed by atoms with Crippen LogP contribution in [0, 0.1) is 0 Å². The summed E-state index contributed by atoms with van der Waals surface area (Å²) in [7, 11) is 4.51. The molecule has 1 atom stereocenters. The van der Waals surface area contributed by atoms with Crippen LogP contribution in [0.4, 0.5) is 0 Å². The number of ether oxygens (including phenoxy) is 3. The molecular formula is C13H18O6. The Morgan fingerprint density at radius 3 is 2.53 bits per heavy atom. The van der Waals surface area contributed by atoms with Crippen LogP contribution in [0.3, 0.4) is 0 Å². The molecule has 0 aliphatic rings. The molecule has 6 heteroatoms. The average Bonchev–Trinajstić information content (AvgIpc) is 2.44. The summed E-state index contributed by atoms with van der Waals surface area (Å²) in [6.45, 7) is 2.04. The Hall–Kier alpha value is -1.79. The van der Waals surface area contributed by atoms with Gasteiger partial charge < -0.3 is 14.2 Å². The van der Waals surface area contributed by atoms with Crippen molar-refractivity contribution in [3.63, 3.8) is 0 Å². The van der Waals surface area contributed by atoms with Crippen molar-refractivity contribution < 1.29 is 28.8 Å². The molecule has 0 aliphatic heterocycles. The first-order valence-corrected chi connectivity index (χ1v) is 5.71. The molecule has 0 fully saturated rings. The van der Waals surface area contributed by atoms with Gasteiger partial charge >= 0.3 is 5.97 Å². The van der Waals surface area contributed by atoms with Gasteiger partial charge in [0.25, 0.3) is 0 Å². The Morgan fingerprint density at radius 2 is 1.95 bits per heavy atom. The molecule has 1 unspecified atom stereocenters. The summed E-state index contributed by atoms with van der Waals surface area (Å²) < 4.78 is 15.0. The maximum absolute atomic E-state index is 11.9. The van der Waals surface area contributed by atoms with E-state index in [-0.39, 0.29) is 11.7 Å². The van der Waals surface area contributed by atoms with E-state index in [4.69, 9.17) is 24.0 Å². The highest BCUT2D eigenvalue weighted by Gasteiger charge is 2.17. The predicted octanol–water partition coefficient (Wildman–Crippen LogP) is 1.83. The van der Waals surface area contributed by atoms with E-state index in [0.717, 1.165) is 0 Å². The normalized spacial score (nSPS) is 11.8. The molecule has 0 bridgehead atoms. The van der Waals surface area contributed by atoms with Crippen molar-refractivity contribution >= 4 is 5.97 Å². The van der Waals surface area contributed by atoms with Gasteiger partial charge in [-0.1, -0.05) is 0 Å². The van der Waals surface area contributed by atoms with E-state index >= 15 is 0 Å². The van der Waals surface area contributed by atoms with Crippen molar-refractivity contribution in [1.82, 2.24) is 0 Å². The fraction of sp³-hybridized carbons (Fsp3) is 0.462. The molecule has 1 rings (SSSR count). The summed E-state index contributed by atoms with van der Waals surface area (Å²) in [6.07, 6.45) is -0.356. The van der Waals surface area contributed by atoms with Gasteiger partial charge in [0.2, 0.25) is 0 Å². The summed E-state index contributed by atoms with van der Waals surface area (Å²) in [5.41, 5.74) is 0.228. The number of benzene rings is 1. The number of carbonyl (C=O) groups excluding carboxylic acids is 1. The zero-order chi connectivity index (χ0) is 14.3. The van der Waals surface area contributed by atoms with E-state index in [2.05, 4.69) is 0 Å². The van der Waals surface area contributed by atoms with Gasteiger partial charge in [-0.3, -0.25) is 4.89 Å². The van der Waals surface area contributed by atoms with Gasteiger partial charge in [0, 0.05) is 7.11 Å². The summed E-state index contributed by atoms with van der Waals surface area (Å²) in [5, 5.41) is 0. The topological polar surface area (TPSA) is 63.2 Å². The molecule has 0 saturated carbocycles. The van der Waals surface area contributed by atoms with E-state index in [0.29, 0.717) is 18.1 Å². The van der Waals surface area contributed by atoms with Crippen LogP contribution >= 0.6 is 0 Å². The van der Waals surface area contributed by atoms with Gasteiger partial charge in [-0.05, 0) is 25.1 Å². The van der Waals surface area contributed by atoms with Gasteiger partial charge in [-0.25, -0.2) is 4.79 Å². The van der Waals surface area contributed by atoms with E-state index in [9.17, 15) is 4.79 Å². The van der Waals surface area contributed by atoms with Crippen molar-refractivity contribution in [2.45, 2.75) is 13.0 Å². The zero-order valence-electron chi connectivity index (χ0n) is 11.5. The molecule has 1 aromatic carbocycles. The first-order chi connectivity index (χ1) is 9.12. The minimum atomic E-state index is -0.654.